The Bertz CT molecular complexity index is 630. The second kappa shape index (κ2) is 12.5. The molecule has 0 heterocycles. The minimum absolute atomic E-state index is 0.265. The molecule has 2 amide bonds. The molecule has 0 atom stereocenters. The van der Waals surface area contributed by atoms with Gasteiger partial charge in [0, 0.05) is 24.6 Å². The molecule has 0 aliphatic rings. The third-order valence-corrected chi connectivity index (χ3v) is 5.14. The lowest BCUT2D eigenvalue weighted by atomic mass is 10.6. The van der Waals surface area contributed by atoms with Gasteiger partial charge in [0.15, 0.2) is 0 Å². The Morgan fingerprint density at radius 1 is 0.742 bits per heavy atom. The van der Waals surface area contributed by atoms with Crippen molar-refractivity contribution in [1.82, 2.24) is 8.61 Å². The highest BCUT2D eigenvalue weighted by molar-refractivity contribution is 8.14. The molecular weight excluding hydrogens is 498 g/mol. The van der Waals surface area contributed by atoms with Crippen LogP contribution in [0.25, 0.3) is 0 Å². The second-order valence-electron chi connectivity index (χ2n) is 5.91. The average Bonchev–Trinajstić information content (AvgIpc) is 2.58. The van der Waals surface area contributed by atoms with E-state index in [1.807, 2.05) is 0 Å². The van der Waals surface area contributed by atoms with Gasteiger partial charge in [0.25, 0.3) is 0 Å². The number of oxime groups is 2. The number of thioether (sulfide) groups is 2. The molecule has 0 aromatic carbocycles. The van der Waals surface area contributed by atoms with E-state index in [-0.39, 0.29) is 12.1 Å². The third kappa shape index (κ3) is 12.2. The second-order valence-corrected chi connectivity index (χ2v) is 10.3. The Kier molecular flexibility index (Phi) is 11.9. The van der Waals surface area contributed by atoms with Crippen LogP contribution in [0.3, 0.4) is 0 Å². The van der Waals surface area contributed by atoms with Crippen molar-refractivity contribution in [2.24, 2.45) is 10.3 Å². The smallest absolute Gasteiger partial charge is 0.296 e. The summed E-state index contributed by atoms with van der Waals surface area (Å²) in [6.45, 7) is 5.90. The molecular formula is C14H20F6N4O4S3. The van der Waals surface area contributed by atoms with Crippen LogP contribution in [-0.4, -0.2) is 67.8 Å². The molecule has 0 rings (SSSR count). The zero-order chi connectivity index (χ0) is 24.6. The number of carbonyl (C=O) groups excluding carboxylic acids is 2. The summed E-state index contributed by atoms with van der Waals surface area (Å²) in [4.78, 5) is 32.0. The fourth-order valence-corrected chi connectivity index (χ4v) is 3.14. The van der Waals surface area contributed by atoms with Crippen molar-refractivity contribution in [1.29, 1.82) is 0 Å². The van der Waals surface area contributed by atoms with Crippen molar-refractivity contribution in [2.75, 3.05) is 14.1 Å². The zero-order valence-corrected chi connectivity index (χ0v) is 19.5. The lowest BCUT2D eigenvalue weighted by molar-refractivity contribution is -0.0585. The van der Waals surface area contributed by atoms with Gasteiger partial charge in [0.05, 0.1) is 12.1 Å². The van der Waals surface area contributed by atoms with E-state index in [9.17, 15) is 35.9 Å². The summed E-state index contributed by atoms with van der Waals surface area (Å²) < 4.78 is 78.1. The van der Waals surface area contributed by atoms with Gasteiger partial charge in [-0.1, -0.05) is 61.5 Å². The highest BCUT2D eigenvalue weighted by Crippen LogP contribution is 2.29. The summed E-state index contributed by atoms with van der Waals surface area (Å²) >= 11 is 0.912. The minimum Gasteiger partial charge on any atom is -0.296 e. The first-order valence-electron chi connectivity index (χ1n) is 8.16. The average molecular weight is 519 g/mol. The SMILES string of the molecule is CC(C)SC(=NOC(=O)N(C)SN(C)C(=O)ON=C(SC(C)C)C(F)(F)F)C(F)(F)F. The molecule has 0 aliphatic heterocycles. The number of alkyl halides is 6. The van der Waals surface area contributed by atoms with Gasteiger partial charge in [-0.25, -0.2) is 18.2 Å². The molecule has 180 valence electrons. The molecule has 31 heavy (non-hydrogen) atoms. The van der Waals surface area contributed by atoms with E-state index in [0.29, 0.717) is 32.1 Å². The normalized spacial score (nSPS) is 13.5. The maximum atomic E-state index is 12.8. The highest BCUT2D eigenvalue weighted by Gasteiger charge is 2.39. The Morgan fingerprint density at radius 3 is 1.26 bits per heavy atom. The first-order chi connectivity index (χ1) is 13.9. The molecule has 0 saturated carbocycles. The lowest BCUT2D eigenvalue weighted by Crippen LogP contribution is -2.30. The van der Waals surface area contributed by atoms with E-state index in [4.69, 9.17) is 0 Å². The van der Waals surface area contributed by atoms with Gasteiger partial charge in [0.1, 0.15) is 0 Å². The van der Waals surface area contributed by atoms with Crippen molar-refractivity contribution in [2.45, 2.75) is 50.5 Å². The molecule has 0 N–H and O–H groups in total. The van der Waals surface area contributed by atoms with Crippen LogP contribution < -0.4 is 0 Å². The Balaban J connectivity index is 5.01. The number of hydrogen-bond donors (Lipinski definition) is 0. The molecule has 0 aliphatic carbocycles. The largest absolute Gasteiger partial charge is 0.447 e. The van der Waals surface area contributed by atoms with Gasteiger partial charge in [-0.05, 0) is 0 Å². The topological polar surface area (TPSA) is 83.8 Å². The number of halogens is 6. The van der Waals surface area contributed by atoms with Crippen LogP contribution in [0.2, 0.25) is 0 Å². The number of rotatable bonds is 6. The minimum atomic E-state index is -4.84. The molecule has 0 spiro atoms. The van der Waals surface area contributed by atoms with Crippen LogP contribution in [0.5, 0.6) is 0 Å². The summed E-state index contributed by atoms with van der Waals surface area (Å²) in [5, 5.41) is 1.80. The monoisotopic (exact) mass is 518 g/mol. The number of carbonyl (C=O) groups is 2. The van der Waals surface area contributed by atoms with Crippen molar-refractivity contribution in [3.63, 3.8) is 0 Å². The number of amides is 2. The molecule has 0 bridgehead atoms. The molecule has 0 aromatic heterocycles. The van der Waals surface area contributed by atoms with Crippen molar-refractivity contribution in [3.05, 3.63) is 0 Å². The predicted octanol–water partition coefficient (Wildman–Crippen LogP) is 5.72. The van der Waals surface area contributed by atoms with E-state index in [0.717, 1.165) is 14.1 Å². The van der Waals surface area contributed by atoms with Crippen LogP contribution in [-0.2, 0) is 9.68 Å². The number of nitrogens with zero attached hydrogens (tertiary/aromatic N) is 4. The van der Waals surface area contributed by atoms with E-state index in [1.54, 1.807) is 0 Å². The molecule has 0 fully saturated rings. The van der Waals surface area contributed by atoms with Gasteiger partial charge in [0.2, 0.25) is 10.1 Å². The summed E-state index contributed by atoms with van der Waals surface area (Å²) in [6.07, 6.45) is -12.5. The predicted molar refractivity (Wildman–Crippen MR) is 109 cm³/mol. The summed E-state index contributed by atoms with van der Waals surface area (Å²) in [6, 6.07) is 0. The maximum Gasteiger partial charge on any atom is 0.447 e. The van der Waals surface area contributed by atoms with Crippen LogP contribution in [0.4, 0.5) is 35.9 Å². The van der Waals surface area contributed by atoms with Crippen molar-refractivity contribution < 1.29 is 45.6 Å². The Hall–Kier alpha value is -1.49. The van der Waals surface area contributed by atoms with Crippen molar-refractivity contribution >= 4 is 57.9 Å². The zero-order valence-electron chi connectivity index (χ0n) is 17.1. The molecule has 17 heteroatoms. The molecule has 0 radical (unpaired) electrons. The molecule has 0 saturated heterocycles. The fraction of sp³-hybridized carbons (Fsp3) is 0.714. The van der Waals surface area contributed by atoms with E-state index in [1.165, 1.54) is 27.7 Å². The summed E-state index contributed by atoms with van der Waals surface area (Å²) in [5.41, 5.74) is 0. The third-order valence-electron chi connectivity index (χ3n) is 2.35. The lowest BCUT2D eigenvalue weighted by Gasteiger charge is -2.19. The van der Waals surface area contributed by atoms with Crippen LogP contribution >= 0.6 is 35.7 Å². The number of hydrogen-bond acceptors (Lipinski definition) is 9. The van der Waals surface area contributed by atoms with Gasteiger partial charge in [-0.3, -0.25) is 9.68 Å². The van der Waals surface area contributed by atoms with Crippen LogP contribution in [0, 0.1) is 0 Å². The van der Waals surface area contributed by atoms with Gasteiger partial charge in [-0.15, -0.1) is 0 Å². The highest BCUT2D eigenvalue weighted by atomic mass is 32.2. The first-order valence-corrected chi connectivity index (χ1v) is 10.6. The standard InChI is InChI=1S/C14H20F6N4O4S3/c1-7(2)29-9(13(15,16)17)21-27-11(25)23(5)31-24(6)12(26)28-22-10(14(18,19)20)30-8(3)4/h7-8H,1-6H3. The quantitative estimate of drug-likeness (QED) is 0.111. The summed E-state index contributed by atoms with van der Waals surface area (Å²) in [5.74, 6) is 0. The Labute approximate surface area is 187 Å². The van der Waals surface area contributed by atoms with Gasteiger partial charge < -0.3 is 0 Å². The van der Waals surface area contributed by atoms with E-state index in [2.05, 4.69) is 20.0 Å². The van der Waals surface area contributed by atoms with E-state index < -0.39 is 45.1 Å². The van der Waals surface area contributed by atoms with Crippen LogP contribution in [0.15, 0.2) is 10.3 Å². The van der Waals surface area contributed by atoms with Crippen molar-refractivity contribution in [3.8, 4) is 0 Å². The van der Waals surface area contributed by atoms with Gasteiger partial charge >= 0.3 is 24.5 Å². The van der Waals surface area contributed by atoms with E-state index >= 15 is 0 Å². The molecule has 8 nitrogen and oxygen atoms in total. The Morgan fingerprint density at radius 2 is 1.03 bits per heavy atom. The molecule has 0 aromatic rings. The van der Waals surface area contributed by atoms with Crippen LogP contribution in [0.1, 0.15) is 27.7 Å². The fourth-order valence-electron chi connectivity index (χ4n) is 1.25. The van der Waals surface area contributed by atoms with Gasteiger partial charge in [-0.2, -0.15) is 26.3 Å². The molecule has 0 unspecified atom stereocenters. The first kappa shape index (κ1) is 29.5. The maximum absolute atomic E-state index is 12.8. The summed E-state index contributed by atoms with van der Waals surface area (Å²) in [7, 11) is 2.04.